The molecule has 0 aliphatic rings. The van der Waals surface area contributed by atoms with Crippen LogP contribution >= 0.6 is 0 Å². The van der Waals surface area contributed by atoms with Crippen LogP contribution in [-0.4, -0.2) is 43.5 Å². The molecule has 2 aromatic heterocycles. The highest BCUT2D eigenvalue weighted by Gasteiger charge is 2.19. The van der Waals surface area contributed by atoms with E-state index in [2.05, 4.69) is 15.5 Å². The number of esters is 1. The van der Waals surface area contributed by atoms with E-state index < -0.39 is 10.9 Å². The van der Waals surface area contributed by atoms with Crippen LogP contribution in [0.3, 0.4) is 0 Å². The monoisotopic (exact) mass is 440 g/mol. The fraction of sp³-hybridized carbons (Fsp3) is 0.333. The molecule has 0 aliphatic heterocycles. The summed E-state index contributed by atoms with van der Waals surface area (Å²) in [5.74, 6) is -0.934. The number of carbonyl (C=O) groups excluding carboxylic acids is 2. The molecule has 0 bridgehead atoms. The Kier molecular flexibility index (Phi) is 6.67. The first-order valence-electron chi connectivity index (χ1n) is 9.90. The maximum atomic E-state index is 12.5. The number of anilines is 1. The van der Waals surface area contributed by atoms with Crippen molar-refractivity contribution in [3.63, 3.8) is 0 Å². The summed E-state index contributed by atoms with van der Waals surface area (Å²) >= 11 is 0. The van der Waals surface area contributed by atoms with E-state index >= 15 is 0 Å². The molecule has 3 rings (SSSR count). The Morgan fingerprint density at radius 3 is 2.53 bits per heavy atom. The average Bonchev–Trinajstić information content (AvgIpc) is 3.26. The van der Waals surface area contributed by atoms with Gasteiger partial charge in [0, 0.05) is 6.42 Å². The van der Waals surface area contributed by atoms with Crippen LogP contribution in [0.25, 0.3) is 0 Å². The molecule has 3 aromatic rings. The van der Waals surface area contributed by atoms with Crippen molar-refractivity contribution >= 4 is 23.4 Å². The molecule has 0 saturated carbocycles. The van der Waals surface area contributed by atoms with Gasteiger partial charge in [0.05, 0.1) is 59.7 Å². The summed E-state index contributed by atoms with van der Waals surface area (Å²) in [6.45, 7) is 5.86. The maximum absolute atomic E-state index is 12.5. The summed E-state index contributed by atoms with van der Waals surface area (Å²) in [5.41, 5.74) is 3.77. The summed E-state index contributed by atoms with van der Waals surface area (Å²) in [5, 5.41) is 22.1. The molecule has 0 atom stereocenters. The van der Waals surface area contributed by atoms with Crippen molar-refractivity contribution in [1.82, 2.24) is 19.6 Å². The van der Waals surface area contributed by atoms with E-state index in [1.807, 2.05) is 19.1 Å². The molecule has 168 valence electrons. The lowest BCUT2D eigenvalue weighted by Crippen LogP contribution is -2.16. The van der Waals surface area contributed by atoms with E-state index in [0.717, 1.165) is 11.3 Å². The lowest BCUT2D eigenvalue weighted by molar-refractivity contribution is -0.389. The molecule has 1 N–H and O–H groups in total. The van der Waals surface area contributed by atoms with Crippen LogP contribution < -0.4 is 5.32 Å². The van der Waals surface area contributed by atoms with Gasteiger partial charge in [-0.3, -0.25) is 9.48 Å². The number of rotatable bonds is 8. The number of aryl methyl sites for hydroxylation is 3. The lowest BCUT2D eigenvalue weighted by atomic mass is 10.1. The minimum absolute atomic E-state index is 0.0922. The third-order valence-electron chi connectivity index (χ3n) is 5.09. The van der Waals surface area contributed by atoms with Crippen molar-refractivity contribution in [2.45, 2.75) is 40.3 Å². The van der Waals surface area contributed by atoms with Crippen molar-refractivity contribution in [3.8, 4) is 0 Å². The van der Waals surface area contributed by atoms with Gasteiger partial charge in [0.15, 0.2) is 0 Å². The summed E-state index contributed by atoms with van der Waals surface area (Å²) in [6, 6.07) is 8.47. The van der Waals surface area contributed by atoms with E-state index in [1.54, 1.807) is 30.7 Å². The molecule has 0 aliphatic carbocycles. The van der Waals surface area contributed by atoms with Gasteiger partial charge in [-0.1, -0.05) is 18.2 Å². The number of nitrogens with zero attached hydrogens (tertiary/aromatic N) is 5. The molecule has 0 unspecified atom stereocenters. The Bertz CT molecular complexity index is 1180. The second kappa shape index (κ2) is 9.41. The van der Waals surface area contributed by atoms with Crippen LogP contribution in [0, 0.1) is 30.9 Å². The number of nitro groups is 1. The zero-order valence-electron chi connectivity index (χ0n) is 18.3. The van der Waals surface area contributed by atoms with Gasteiger partial charge in [-0.05, 0) is 37.3 Å². The first-order chi connectivity index (χ1) is 15.2. The van der Waals surface area contributed by atoms with E-state index in [1.165, 1.54) is 17.9 Å². The van der Waals surface area contributed by atoms with Gasteiger partial charge in [0.1, 0.15) is 0 Å². The highest BCUT2D eigenvalue weighted by molar-refractivity contribution is 5.92. The number of amides is 1. The summed E-state index contributed by atoms with van der Waals surface area (Å²) in [7, 11) is 1.33. The standard InChI is InChI=1S/C21H24N6O5/c1-13-11-18(27(30)31)24-25(13)10-9-19(28)22-20-14(2)23-26(15(20)3)12-16-7-5-6-8-17(16)21(29)32-4/h5-8,11H,9-10,12H2,1-4H3,(H,22,28). The minimum atomic E-state index is -0.566. The van der Waals surface area contributed by atoms with Gasteiger partial charge >= 0.3 is 11.8 Å². The second-order valence-corrected chi connectivity index (χ2v) is 7.27. The van der Waals surface area contributed by atoms with Crippen LogP contribution in [0.15, 0.2) is 30.3 Å². The minimum Gasteiger partial charge on any atom is -0.465 e. The zero-order chi connectivity index (χ0) is 23.4. The molecule has 0 radical (unpaired) electrons. The predicted octanol–water partition coefficient (Wildman–Crippen LogP) is 2.78. The van der Waals surface area contributed by atoms with Crippen LogP contribution in [0.1, 0.15) is 39.4 Å². The molecule has 11 nitrogen and oxygen atoms in total. The fourth-order valence-corrected chi connectivity index (χ4v) is 3.38. The number of nitrogens with one attached hydrogen (secondary N) is 1. The lowest BCUT2D eigenvalue weighted by Gasteiger charge is -2.10. The Balaban J connectivity index is 1.71. The second-order valence-electron chi connectivity index (χ2n) is 7.27. The molecule has 0 spiro atoms. The molecule has 2 heterocycles. The number of methoxy groups -OCH3 is 1. The topological polar surface area (TPSA) is 134 Å². The quantitative estimate of drug-likeness (QED) is 0.323. The SMILES string of the molecule is COC(=O)c1ccccc1Cn1nc(C)c(NC(=O)CCn2nc([N+](=O)[O-])cc2C)c1C. The number of benzene rings is 1. The molecular weight excluding hydrogens is 416 g/mol. The zero-order valence-corrected chi connectivity index (χ0v) is 18.3. The largest absolute Gasteiger partial charge is 0.465 e. The van der Waals surface area contributed by atoms with Crippen molar-refractivity contribution in [3.05, 3.63) is 68.7 Å². The number of hydrogen-bond donors (Lipinski definition) is 1. The van der Waals surface area contributed by atoms with Gasteiger partial charge in [0.25, 0.3) is 0 Å². The predicted molar refractivity (Wildman–Crippen MR) is 115 cm³/mol. The third kappa shape index (κ3) is 4.82. The molecule has 32 heavy (non-hydrogen) atoms. The number of ether oxygens (including phenoxy) is 1. The summed E-state index contributed by atoms with van der Waals surface area (Å²) < 4.78 is 7.99. The van der Waals surface area contributed by atoms with Crippen molar-refractivity contribution in [2.75, 3.05) is 12.4 Å². The van der Waals surface area contributed by atoms with Crippen molar-refractivity contribution in [1.29, 1.82) is 0 Å². The van der Waals surface area contributed by atoms with Gasteiger partial charge in [-0.2, -0.15) is 9.78 Å². The Morgan fingerprint density at radius 1 is 1.16 bits per heavy atom. The highest BCUT2D eigenvalue weighted by Crippen LogP contribution is 2.22. The summed E-state index contributed by atoms with van der Waals surface area (Å²) in [6.07, 6.45) is 0.0922. The maximum Gasteiger partial charge on any atom is 0.390 e. The molecule has 1 aromatic carbocycles. The molecular formula is C21H24N6O5. The number of aromatic nitrogens is 4. The van der Waals surface area contributed by atoms with Gasteiger partial charge in [-0.15, -0.1) is 0 Å². The van der Waals surface area contributed by atoms with Crippen LogP contribution in [0.2, 0.25) is 0 Å². The normalized spacial score (nSPS) is 10.8. The van der Waals surface area contributed by atoms with Gasteiger partial charge < -0.3 is 20.2 Å². The van der Waals surface area contributed by atoms with E-state index in [4.69, 9.17) is 4.74 Å². The smallest absolute Gasteiger partial charge is 0.390 e. The van der Waals surface area contributed by atoms with Crippen LogP contribution in [0.4, 0.5) is 11.5 Å². The van der Waals surface area contributed by atoms with Gasteiger partial charge in [0.2, 0.25) is 5.91 Å². The van der Waals surface area contributed by atoms with Gasteiger partial charge in [-0.25, -0.2) is 4.79 Å². The van der Waals surface area contributed by atoms with E-state index in [9.17, 15) is 19.7 Å². The molecule has 1 amide bonds. The molecule has 11 heteroatoms. The number of hydrogen-bond acceptors (Lipinski definition) is 7. The Hall–Kier alpha value is -4.02. The third-order valence-corrected chi connectivity index (χ3v) is 5.09. The average molecular weight is 440 g/mol. The first kappa shape index (κ1) is 22.7. The summed E-state index contributed by atoms with van der Waals surface area (Å²) in [4.78, 5) is 34.8. The Labute approximate surface area is 184 Å². The van der Waals surface area contributed by atoms with Crippen molar-refractivity contribution in [2.24, 2.45) is 0 Å². The van der Waals surface area contributed by atoms with Crippen molar-refractivity contribution < 1.29 is 19.2 Å². The number of carbonyl (C=O) groups is 2. The molecule has 0 saturated heterocycles. The molecule has 0 fully saturated rings. The Morgan fingerprint density at radius 2 is 1.88 bits per heavy atom. The van der Waals surface area contributed by atoms with Crippen LogP contribution in [0.5, 0.6) is 0 Å². The van der Waals surface area contributed by atoms with E-state index in [0.29, 0.717) is 29.2 Å². The fourth-order valence-electron chi connectivity index (χ4n) is 3.38. The highest BCUT2D eigenvalue weighted by atomic mass is 16.6. The van der Waals surface area contributed by atoms with Crippen LogP contribution in [-0.2, 0) is 22.6 Å². The van der Waals surface area contributed by atoms with E-state index in [-0.39, 0.29) is 24.7 Å². The first-order valence-corrected chi connectivity index (χ1v) is 9.90.